The van der Waals surface area contributed by atoms with Crippen molar-refractivity contribution in [3.8, 4) is 0 Å². The average Bonchev–Trinajstić information content (AvgIpc) is 2.65. The van der Waals surface area contributed by atoms with E-state index in [1.54, 1.807) is 27.7 Å². The molecule has 2 saturated heterocycles. The Morgan fingerprint density at radius 3 is 2.00 bits per heavy atom. The second-order valence-corrected chi connectivity index (χ2v) is 10.3. The van der Waals surface area contributed by atoms with E-state index in [9.17, 15) is 30.0 Å². The van der Waals surface area contributed by atoms with E-state index in [4.69, 9.17) is 18.5 Å². The summed E-state index contributed by atoms with van der Waals surface area (Å²) in [5, 5.41) is 44.4. The molecule has 1 unspecified atom stereocenters. The number of carbonyl (C=O) groups excluding carboxylic acids is 2. The van der Waals surface area contributed by atoms with Gasteiger partial charge in [-0.05, 0) is 0 Å². The van der Waals surface area contributed by atoms with Crippen LogP contribution in [0.25, 0.3) is 0 Å². The molecule has 0 aromatic rings. The van der Waals surface area contributed by atoms with Crippen molar-refractivity contribution in [2.45, 2.75) is 82.6 Å². The van der Waals surface area contributed by atoms with Crippen LogP contribution in [-0.2, 0) is 28.1 Å². The fraction of sp³-hybridized carbons (Fsp3) is 0.882. The van der Waals surface area contributed by atoms with E-state index in [2.05, 4.69) is 10.2 Å². The zero-order valence-electron chi connectivity index (χ0n) is 17.8. The minimum absolute atomic E-state index is 0.236. The van der Waals surface area contributed by atoms with Crippen LogP contribution in [0.3, 0.4) is 0 Å². The third-order valence-corrected chi connectivity index (χ3v) is 7.51. The molecule has 14 heteroatoms. The molecule has 182 valence electrons. The van der Waals surface area contributed by atoms with E-state index < -0.39 is 76.0 Å². The molecule has 6 N–H and O–H groups in total. The Labute approximate surface area is 179 Å². The standard InChI is InChI=1S/C17H32FN2O10P/c1-8(2)19-31(20-9(3)4)29-15(25)17(18,16(26)30-31)5-6-27-14-13(24)12(23)11(22)10(7-21)28-14/h8-14,19-24,31H,5-7H2,1-4H3/t10-,11+,12+,13-,14?/m1/s1. The molecule has 5 atom stereocenters. The molecule has 2 heterocycles. The van der Waals surface area contributed by atoms with Gasteiger partial charge in [0.1, 0.15) is 0 Å². The van der Waals surface area contributed by atoms with Gasteiger partial charge in [0.2, 0.25) is 0 Å². The fourth-order valence-electron chi connectivity index (χ4n) is 3.17. The number of rotatable bonds is 9. The molecule has 0 spiro atoms. The molecule has 0 aliphatic carbocycles. The van der Waals surface area contributed by atoms with Crippen LogP contribution in [0.15, 0.2) is 0 Å². The van der Waals surface area contributed by atoms with E-state index in [1.165, 1.54) is 0 Å². The van der Waals surface area contributed by atoms with E-state index in [1.807, 2.05) is 0 Å². The van der Waals surface area contributed by atoms with E-state index >= 15 is 4.39 Å². The van der Waals surface area contributed by atoms with Crippen LogP contribution in [-0.4, -0.2) is 94.0 Å². The first-order chi connectivity index (χ1) is 14.3. The number of hydrogen-bond acceptors (Lipinski definition) is 12. The van der Waals surface area contributed by atoms with E-state index in [0.717, 1.165) is 0 Å². The molecule has 2 aliphatic rings. The Morgan fingerprint density at radius 1 is 1.03 bits per heavy atom. The van der Waals surface area contributed by atoms with E-state index in [-0.39, 0.29) is 12.1 Å². The van der Waals surface area contributed by atoms with Crippen LogP contribution in [0.1, 0.15) is 34.1 Å². The first kappa shape index (κ1) is 26.2. The predicted octanol–water partition coefficient (Wildman–Crippen LogP) is -1.59. The molecule has 12 nitrogen and oxygen atoms in total. The third-order valence-electron chi connectivity index (χ3n) is 4.65. The molecular weight excluding hydrogens is 442 g/mol. The third kappa shape index (κ3) is 5.86. The molecule has 0 saturated carbocycles. The molecule has 0 aromatic carbocycles. The number of hydrogen-bond donors (Lipinski definition) is 6. The SMILES string of the molecule is CC(C)N[PH]1(NC(C)C)OC(=O)C(F)(CCOC2O[C@H](CO)[C@H](O)[C@H](O)[C@H]2O)C(=O)O1. The molecule has 0 radical (unpaired) electrons. The zero-order valence-corrected chi connectivity index (χ0v) is 18.8. The summed E-state index contributed by atoms with van der Waals surface area (Å²) >= 11 is 0. The first-order valence-electron chi connectivity index (χ1n) is 9.98. The summed E-state index contributed by atoms with van der Waals surface area (Å²) in [6.07, 6.45) is -8.54. The van der Waals surface area contributed by atoms with Crippen molar-refractivity contribution >= 4 is 20.0 Å². The van der Waals surface area contributed by atoms with Crippen molar-refractivity contribution in [3.05, 3.63) is 0 Å². The summed E-state index contributed by atoms with van der Waals surface area (Å²) < 4.78 is 36.0. The molecule has 0 aromatic heterocycles. The summed E-state index contributed by atoms with van der Waals surface area (Å²) in [7, 11) is -3.77. The molecule has 0 amide bonds. The van der Waals surface area contributed by atoms with Crippen LogP contribution in [0.4, 0.5) is 4.39 Å². The van der Waals surface area contributed by atoms with Gasteiger partial charge in [-0.15, -0.1) is 0 Å². The molecule has 2 rings (SSSR count). The Kier molecular flexibility index (Phi) is 8.70. The predicted molar refractivity (Wildman–Crippen MR) is 105 cm³/mol. The number of halogens is 1. The second kappa shape index (κ2) is 10.3. The summed E-state index contributed by atoms with van der Waals surface area (Å²) in [5.74, 6) is -2.87. The van der Waals surface area contributed by atoms with Crippen LogP contribution in [0.5, 0.6) is 0 Å². The monoisotopic (exact) mass is 474 g/mol. The summed E-state index contributed by atoms with van der Waals surface area (Å²) in [6, 6.07) is -0.472. The van der Waals surface area contributed by atoms with Gasteiger partial charge in [-0.1, -0.05) is 0 Å². The number of nitrogens with one attached hydrogen (secondary N) is 2. The number of ether oxygens (including phenoxy) is 2. The van der Waals surface area contributed by atoms with Gasteiger partial charge in [0.05, 0.1) is 0 Å². The van der Waals surface area contributed by atoms with Crippen molar-refractivity contribution in [1.82, 2.24) is 10.2 Å². The fourth-order valence-corrected chi connectivity index (χ4v) is 5.90. The topological polar surface area (TPSA) is 176 Å². The Morgan fingerprint density at radius 2 is 1.55 bits per heavy atom. The van der Waals surface area contributed by atoms with Crippen molar-refractivity contribution in [2.24, 2.45) is 0 Å². The molecule has 2 fully saturated rings. The summed E-state index contributed by atoms with van der Waals surface area (Å²) in [4.78, 5) is 24.9. The Bertz CT molecular complexity index is 622. The van der Waals surface area contributed by atoms with Gasteiger partial charge in [0.15, 0.2) is 0 Å². The average molecular weight is 474 g/mol. The number of alkyl halides is 1. The Hall–Kier alpha value is -1.02. The van der Waals surface area contributed by atoms with Crippen molar-refractivity contribution in [2.75, 3.05) is 13.2 Å². The van der Waals surface area contributed by atoms with Gasteiger partial charge in [0, 0.05) is 0 Å². The van der Waals surface area contributed by atoms with Gasteiger partial charge in [0.25, 0.3) is 0 Å². The zero-order chi connectivity index (χ0) is 23.6. The molecule has 2 aliphatic heterocycles. The molecule has 31 heavy (non-hydrogen) atoms. The van der Waals surface area contributed by atoms with E-state index in [0.29, 0.717) is 0 Å². The van der Waals surface area contributed by atoms with Crippen LogP contribution < -0.4 is 10.2 Å². The maximum atomic E-state index is 15.2. The quantitative estimate of drug-likeness (QED) is 0.167. The number of carbonyl (C=O) groups is 2. The van der Waals surface area contributed by atoms with Gasteiger partial charge in [-0.3, -0.25) is 0 Å². The van der Waals surface area contributed by atoms with Crippen LogP contribution in [0, 0.1) is 0 Å². The summed E-state index contributed by atoms with van der Waals surface area (Å²) in [6.45, 7) is 5.68. The van der Waals surface area contributed by atoms with Gasteiger partial charge < -0.3 is 0 Å². The van der Waals surface area contributed by atoms with Gasteiger partial charge in [-0.25, -0.2) is 0 Å². The van der Waals surface area contributed by atoms with Crippen molar-refractivity contribution in [1.29, 1.82) is 0 Å². The second-order valence-electron chi connectivity index (χ2n) is 8.11. The number of aliphatic hydroxyl groups excluding tert-OH is 4. The minimum atomic E-state index is -3.77. The molecule has 0 bridgehead atoms. The summed E-state index contributed by atoms with van der Waals surface area (Å²) in [5.41, 5.74) is -3.15. The normalized spacial score (nSPS) is 36.9. The van der Waals surface area contributed by atoms with Gasteiger partial charge >= 0.3 is 179 Å². The van der Waals surface area contributed by atoms with Crippen LogP contribution in [0.2, 0.25) is 0 Å². The van der Waals surface area contributed by atoms with Crippen molar-refractivity contribution in [3.63, 3.8) is 0 Å². The number of aliphatic hydroxyl groups is 4. The first-order valence-corrected chi connectivity index (χ1v) is 11.8. The maximum absolute atomic E-state index is 15.2. The van der Waals surface area contributed by atoms with Gasteiger partial charge in [-0.2, -0.15) is 0 Å². The van der Waals surface area contributed by atoms with Crippen LogP contribution >= 0.6 is 8.02 Å². The van der Waals surface area contributed by atoms with Crippen molar-refractivity contribution < 1.29 is 52.9 Å². The Balaban J connectivity index is 2.04. The molecular formula is C17H32FN2O10P.